The molecule has 0 bridgehead atoms. The molecule has 4 nitrogen and oxygen atoms in total. The number of piperidine rings is 1. The SMILES string of the molecule is CCOc1cccc(NC2CCN3CCCCC23)n1. The molecule has 0 saturated carbocycles. The van der Waals surface area contributed by atoms with E-state index in [0.29, 0.717) is 24.6 Å². The van der Waals surface area contributed by atoms with E-state index in [1.165, 1.54) is 38.8 Å². The van der Waals surface area contributed by atoms with E-state index >= 15 is 0 Å². The van der Waals surface area contributed by atoms with Gasteiger partial charge < -0.3 is 10.1 Å². The maximum absolute atomic E-state index is 5.46. The molecule has 0 amide bonds. The van der Waals surface area contributed by atoms with Gasteiger partial charge in [0.25, 0.3) is 0 Å². The molecule has 2 unspecified atom stereocenters. The zero-order valence-electron chi connectivity index (χ0n) is 11.6. The lowest BCUT2D eigenvalue weighted by Crippen LogP contribution is -2.41. The highest BCUT2D eigenvalue weighted by Gasteiger charge is 2.35. The molecule has 3 rings (SSSR count). The Kier molecular flexibility index (Phi) is 3.87. The summed E-state index contributed by atoms with van der Waals surface area (Å²) >= 11 is 0. The van der Waals surface area contributed by atoms with Crippen molar-refractivity contribution in [3.05, 3.63) is 18.2 Å². The summed E-state index contributed by atoms with van der Waals surface area (Å²) in [7, 11) is 0. The summed E-state index contributed by atoms with van der Waals surface area (Å²) in [4.78, 5) is 7.14. The summed E-state index contributed by atoms with van der Waals surface area (Å²) in [6.07, 6.45) is 5.28. The van der Waals surface area contributed by atoms with E-state index in [1.807, 2.05) is 25.1 Å². The van der Waals surface area contributed by atoms with Gasteiger partial charge >= 0.3 is 0 Å². The molecule has 1 N–H and O–H groups in total. The summed E-state index contributed by atoms with van der Waals surface area (Å²) in [5.41, 5.74) is 0. The van der Waals surface area contributed by atoms with Crippen LogP contribution in [0.2, 0.25) is 0 Å². The molecular weight excluding hydrogens is 238 g/mol. The number of rotatable bonds is 4. The molecule has 4 heteroatoms. The average molecular weight is 261 g/mol. The quantitative estimate of drug-likeness (QED) is 0.903. The monoisotopic (exact) mass is 261 g/mol. The molecule has 3 heterocycles. The van der Waals surface area contributed by atoms with Crippen molar-refractivity contribution in [2.75, 3.05) is 25.0 Å². The highest BCUT2D eigenvalue weighted by Crippen LogP contribution is 2.29. The first-order valence-electron chi connectivity index (χ1n) is 7.47. The number of fused-ring (bicyclic) bond motifs is 1. The van der Waals surface area contributed by atoms with E-state index in [0.717, 1.165) is 5.82 Å². The fourth-order valence-electron chi connectivity index (χ4n) is 3.33. The first kappa shape index (κ1) is 12.7. The van der Waals surface area contributed by atoms with Crippen LogP contribution in [0.3, 0.4) is 0 Å². The Morgan fingerprint density at radius 3 is 3.16 bits per heavy atom. The lowest BCUT2D eigenvalue weighted by atomic mass is 9.99. The highest BCUT2D eigenvalue weighted by molar-refractivity contribution is 5.39. The van der Waals surface area contributed by atoms with Crippen molar-refractivity contribution in [2.24, 2.45) is 0 Å². The summed E-state index contributed by atoms with van der Waals surface area (Å²) in [5.74, 6) is 1.66. The second kappa shape index (κ2) is 5.78. The summed E-state index contributed by atoms with van der Waals surface area (Å²) in [6.45, 7) is 5.15. The van der Waals surface area contributed by atoms with Gasteiger partial charge in [-0.3, -0.25) is 4.90 Å². The molecule has 0 aliphatic carbocycles. The van der Waals surface area contributed by atoms with E-state index in [4.69, 9.17) is 4.74 Å². The Morgan fingerprint density at radius 2 is 2.26 bits per heavy atom. The number of hydrogen-bond donors (Lipinski definition) is 1. The van der Waals surface area contributed by atoms with Gasteiger partial charge in [0.2, 0.25) is 5.88 Å². The summed E-state index contributed by atoms with van der Waals surface area (Å²) in [6, 6.07) is 7.20. The lowest BCUT2D eigenvalue weighted by molar-refractivity contribution is 0.192. The van der Waals surface area contributed by atoms with Crippen molar-refractivity contribution in [1.82, 2.24) is 9.88 Å². The molecule has 2 saturated heterocycles. The second-order valence-electron chi connectivity index (χ2n) is 5.43. The van der Waals surface area contributed by atoms with Crippen LogP contribution >= 0.6 is 0 Å². The minimum absolute atomic E-state index is 0.546. The van der Waals surface area contributed by atoms with Crippen LogP contribution in [0.25, 0.3) is 0 Å². The van der Waals surface area contributed by atoms with E-state index in [1.54, 1.807) is 0 Å². The molecular formula is C15H23N3O. The van der Waals surface area contributed by atoms with Gasteiger partial charge in [-0.25, -0.2) is 0 Å². The molecule has 2 aliphatic rings. The second-order valence-corrected chi connectivity index (χ2v) is 5.43. The zero-order valence-corrected chi connectivity index (χ0v) is 11.6. The van der Waals surface area contributed by atoms with Crippen molar-refractivity contribution in [3.63, 3.8) is 0 Å². The molecule has 1 aromatic rings. The molecule has 2 atom stereocenters. The number of nitrogens with one attached hydrogen (secondary N) is 1. The topological polar surface area (TPSA) is 37.4 Å². The van der Waals surface area contributed by atoms with Crippen LogP contribution in [0.5, 0.6) is 5.88 Å². The normalized spacial score (nSPS) is 27.0. The van der Waals surface area contributed by atoms with E-state index in [9.17, 15) is 0 Å². The summed E-state index contributed by atoms with van der Waals surface area (Å²) in [5, 5.41) is 3.61. The first-order chi connectivity index (χ1) is 9.36. The number of hydrogen-bond acceptors (Lipinski definition) is 4. The number of pyridine rings is 1. The first-order valence-corrected chi connectivity index (χ1v) is 7.47. The van der Waals surface area contributed by atoms with Gasteiger partial charge in [-0.2, -0.15) is 4.98 Å². The molecule has 0 aromatic carbocycles. The van der Waals surface area contributed by atoms with Crippen molar-refractivity contribution < 1.29 is 4.74 Å². The number of nitrogens with zero attached hydrogens (tertiary/aromatic N) is 2. The maximum atomic E-state index is 5.46. The van der Waals surface area contributed by atoms with Crippen molar-refractivity contribution in [3.8, 4) is 5.88 Å². The molecule has 104 valence electrons. The highest BCUT2D eigenvalue weighted by atomic mass is 16.5. The zero-order chi connectivity index (χ0) is 13.1. The molecule has 19 heavy (non-hydrogen) atoms. The minimum Gasteiger partial charge on any atom is -0.478 e. The van der Waals surface area contributed by atoms with Crippen LogP contribution in [-0.2, 0) is 0 Å². The van der Waals surface area contributed by atoms with Crippen LogP contribution in [0.4, 0.5) is 5.82 Å². The van der Waals surface area contributed by atoms with Gasteiger partial charge in [-0.1, -0.05) is 12.5 Å². The van der Waals surface area contributed by atoms with Crippen LogP contribution in [0.1, 0.15) is 32.6 Å². The molecule has 2 fully saturated rings. The number of anilines is 1. The largest absolute Gasteiger partial charge is 0.478 e. The Labute approximate surface area is 115 Å². The Morgan fingerprint density at radius 1 is 1.32 bits per heavy atom. The smallest absolute Gasteiger partial charge is 0.215 e. The van der Waals surface area contributed by atoms with Gasteiger partial charge in [-0.05, 0) is 38.8 Å². The van der Waals surface area contributed by atoms with Gasteiger partial charge in [0, 0.05) is 24.7 Å². The molecule has 0 spiro atoms. The lowest BCUT2D eigenvalue weighted by Gasteiger charge is -2.32. The standard InChI is InChI=1S/C15H23N3O/c1-2-19-15-8-5-7-14(17-15)16-12-9-11-18-10-4-3-6-13(12)18/h5,7-8,12-13H,2-4,6,9-11H2,1H3,(H,16,17). The average Bonchev–Trinajstić information content (AvgIpc) is 2.83. The van der Waals surface area contributed by atoms with E-state index in [-0.39, 0.29) is 0 Å². The maximum Gasteiger partial charge on any atom is 0.215 e. The van der Waals surface area contributed by atoms with Crippen molar-refractivity contribution in [2.45, 2.75) is 44.7 Å². The third kappa shape index (κ3) is 2.84. The van der Waals surface area contributed by atoms with Crippen LogP contribution in [0, 0.1) is 0 Å². The Balaban J connectivity index is 1.66. The minimum atomic E-state index is 0.546. The van der Waals surface area contributed by atoms with Gasteiger partial charge in [-0.15, -0.1) is 0 Å². The van der Waals surface area contributed by atoms with Crippen molar-refractivity contribution in [1.29, 1.82) is 0 Å². The Bertz CT molecular complexity index is 424. The fraction of sp³-hybridized carbons (Fsp3) is 0.667. The van der Waals surface area contributed by atoms with Crippen LogP contribution in [0.15, 0.2) is 18.2 Å². The van der Waals surface area contributed by atoms with Gasteiger partial charge in [0.05, 0.1) is 6.61 Å². The number of aromatic nitrogens is 1. The van der Waals surface area contributed by atoms with Crippen molar-refractivity contribution >= 4 is 5.82 Å². The third-order valence-corrected chi connectivity index (χ3v) is 4.21. The molecule has 1 aromatic heterocycles. The molecule has 2 aliphatic heterocycles. The van der Waals surface area contributed by atoms with E-state index in [2.05, 4.69) is 15.2 Å². The number of ether oxygens (including phenoxy) is 1. The predicted octanol–water partition coefficient (Wildman–Crippen LogP) is 2.52. The van der Waals surface area contributed by atoms with E-state index < -0.39 is 0 Å². The predicted molar refractivity (Wildman–Crippen MR) is 76.6 cm³/mol. The summed E-state index contributed by atoms with van der Waals surface area (Å²) < 4.78 is 5.46. The van der Waals surface area contributed by atoms with Gasteiger partial charge in [0.1, 0.15) is 5.82 Å². The Hall–Kier alpha value is -1.29. The third-order valence-electron chi connectivity index (χ3n) is 4.21. The molecule has 0 radical (unpaired) electrons. The fourth-order valence-corrected chi connectivity index (χ4v) is 3.33. The van der Waals surface area contributed by atoms with Crippen LogP contribution in [-0.4, -0.2) is 41.7 Å². The van der Waals surface area contributed by atoms with Crippen LogP contribution < -0.4 is 10.1 Å². The van der Waals surface area contributed by atoms with Gasteiger partial charge in [0.15, 0.2) is 0 Å².